The lowest BCUT2D eigenvalue weighted by Crippen LogP contribution is -2.33. The van der Waals surface area contributed by atoms with E-state index in [4.69, 9.17) is 5.73 Å². The number of nitrogens with one attached hydrogen (secondary N) is 1. The normalized spacial score (nSPS) is 10.9. The van der Waals surface area contributed by atoms with E-state index < -0.39 is 0 Å². The van der Waals surface area contributed by atoms with E-state index >= 15 is 0 Å². The summed E-state index contributed by atoms with van der Waals surface area (Å²) in [6, 6.07) is 8.16. The number of nitrogens with two attached hydrogens (primary N) is 1. The van der Waals surface area contributed by atoms with Gasteiger partial charge < -0.3 is 11.1 Å². The molecule has 0 aliphatic heterocycles. The Kier molecular flexibility index (Phi) is 8.20. The highest BCUT2D eigenvalue weighted by atomic mass is 127. The predicted octanol–water partition coefficient (Wildman–Crippen LogP) is 2.45. The highest BCUT2D eigenvalue weighted by Crippen LogP contribution is 2.08. The minimum Gasteiger partial charge on any atom is -0.370 e. The van der Waals surface area contributed by atoms with Gasteiger partial charge in [0.2, 0.25) is 0 Å². The lowest BCUT2D eigenvalue weighted by atomic mass is 10.2. The molecule has 0 atom stereocenters. The summed E-state index contributed by atoms with van der Waals surface area (Å²) in [6.07, 6.45) is 5.49. The molecule has 0 aromatic carbocycles. The molecule has 0 saturated heterocycles. The van der Waals surface area contributed by atoms with E-state index in [1.54, 1.807) is 17.5 Å². The van der Waals surface area contributed by atoms with E-state index in [0.29, 0.717) is 5.96 Å². The minimum atomic E-state index is 0. The summed E-state index contributed by atoms with van der Waals surface area (Å²) in [5.74, 6) is 0.514. The summed E-state index contributed by atoms with van der Waals surface area (Å²) in [7, 11) is 0. The second-order valence-electron chi connectivity index (χ2n) is 4.13. The van der Waals surface area contributed by atoms with Crippen LogP contribution in [0.4, 0.5) is 0 Å². The van der Waals surface area contributed by atoms with Crippen molar-refractivity contribution in [3.05, 3.63) is 52.5 Å². The monoisotopic (exact) mass is 402 g/mol. The number of pyridine rings is 1. The lowest BCUT2D eigenvalue weighted by Gasteiger charge is -2.05. The molecule has 0 amide bonds. The van der Waals surface area contributed by atoms with Crippen molar-refractivity contribution in [1.29, 1.82) is 0 Å². The number of aliphatic imine (C=N–C) groups is 1. The molecular formula is C14H19IN4S. The quantitative estimate of drug-likeness (QED) is 0.443. The van der Waals surface area contributed by atoms with Gasteiger partial charge in [-0.2, -0.15) is 0 Å². The molecule has 6 heteroatoms. The van der Waals surface area contributed by atoms with E-state index in [1.165, 1.54) is 10.4 Å². The summed E-state index contributed by atoms with van der Waals surface area (Å²) in [4.78, 5) is 9.72. The molecule has 0 spiro atoms. The summed E-state index contributed by atoms with van der Waals surface area (Å²) in [6.45, 7) is 1.51. The smallest absolute Gasteiger partial charge is 0.188 e. The Morgan fingerprint density at radius 1 is 1.30 bits per heavy atom. The molecule has 3 N–H and O–H groups in total. The van der Waals surface area contributed by atoms with Gasteiger partial charge in [-0.05, 0) is 29.5 Å². The third-order valence-corrected chi connectivity index (χ3v) is 3.60. The van der Waals surface area contributed by atoms with Crippen LogP contribution >= 0.6 is 35.3 Å². The molecule has 20 heavy (non-hydrogen) atoms. The third kappa shape index (κ3) is 6.33. The van der Waals surface area contributed by atoms with Crippen LogP contribution in [-0.2, 0) is 12.8 Å². The molecule has 0 unspecified atom stereocenters. The molecule has 0 aliphatic carbocycles. The fraction of sp³-hybridized carbons (Fsp3) is 0.286. The number of thiophene rings is 1. The standard InChI is InChI=1S/C14H18N4S.HI/c15-14(18-9-6-13-4-2-10-19-13)17-8-5-12-3-1-7-16-11-12;/h1-4,7,10-11H,5-6,8-9H2,(H3,15,17,18);1H. The van der Waals surface area contributed by atoms with Gasteiger partial charge in [-0.25, -0.2) is 0 Å². The van der Waals surface area contributed by atoms with E-state index in [1.807, 2.05) is 12.3 Å². The van der Waals surface area contributed by atoms with Gasteiger partial charge in [0.05, 0.1) is 0 Å². The van der Waals surface area contributed by atoms with Crippen molar-refractivity contribution in [1.82, 2.24) is 10.3 Å². The number of aromatic nitrogens is 1. The van der Waals surface area contributed by atoms with Crippen LogP contribution in [0.25, 0.3) is 0 Å². The molecule has 2 rings (SSSR count). The first-order valence-corrected chi connectivity index (χ1v) is 7.17. The molecule has 2 aromatic rings. The van der Waals surface area contributed by atoms with Crippen LogP contribution in [0.5, 0.6) is 0 Å². The largest absolute Gasteiger partial charge is 0.370 e. The second-order valence-corrected chi connectivity index (χ2v) is 5.17. The summed E-state index contributed by atoms with van der Waals surface area (Å²) >= 11 is 1.75. The molecule has 0 aliphatic rings. The molecular weight excluding hydrogens is 383 g/mol. The first-order valence-electron chi connectivity index (χ1n) is 6.29. The van der Waals surface area contributed by atoms with Gasteiger partial charge in [0.15, 0.2) is 5.96 Å². The van der Waals surface area contributed by atoms with E-state index in [9.17, 15) is 0 Å². The average molecular weight is 402 g/mol. The molecule has 2 aromatic heterocycles. The summed E-state index contributed by atoms with van der Waals surface area (Å²) in [5.41, 5.74) is 7.00. The number of hydrogen-bond donors (Lipinski definition) is 2. The second kappa shape index (κ2) is 9.71. The van der Waals surface area contributed by atoms with Gasteiger partial charge in [0.1, 0.15) is 0 Å². The zero-order valence-electron chi connectivity index (χ0n) is 11.2. The zero-order chi connectivity index (χ0) is 13.3. The fourth-order valence-corrected chi connectivity index (χ4v) is 2.38. The molecule has 2 heterocycles. The lowest BCUT2D eigenvalue weighted by molar-refractivity contribution is 0.842. The summed E-state index contributed by atoms with van der Waals surface area (Å²) in [5, 5.41) is 5.19. The van der Waals surface area contributed by atoms with Gasteiger partial charge in [-0.1, -0.05) is 12.1 Å². The van der Waals surface area contributed by atoms with Crippen molar-refractivity contribution >= 4 is 41.3 Å². The summed E-state index contributed by atoms with van der Waals surface area (Å²) < 4.78 is 0. The Bertz CT molecular complexity index is 499. The Labute approximate surface area is 140 Å². The molecule has 0 saturated carbocycles. The Hall–Kier alpha value is -1.15. The highest BCUT2D eigenvalue weighted by Gasteiger charge is 1.95. The van der Waals surface area contributed by atoms with Crippen molar-refractivity contribution < 1.29 is 0 Å². The van der Waals surface area contributed by atoms with Crippen LogP contribution in [0.3, 0.4) is 0 Å². The molecule has 0 radical (unpaired) electrons. The Morgan fingerprint density at radius 2 is 2.20 bits per heavy atom. The number of halogens is 1. The van der Waals surface area contributed by atoms with E-state index in [-0.39, 0.29) is 24.0 Å². The predicted molar refractivity (Wildman–Crippen MR) is 95.9 cm³/mol. The maximum absolute atomic E-state index is 5.80. The number of guanidine groups is 1. The number of rotatable bonds is 6. The highest BCUT2D eigenvalue weighted by molar-refractivity contribution is 14.0. The van der Waals surface area contributed by atoms with E-state index in [0.717, 1.165) is 25.9 Å². The molecule has 0 fully saturated rings. The maximum Gasteiger partial charge on any atom is 0.188 e. The van der Waals surface area contributed by atoms with Gasteiger partial charge >= 0.3 is 0 Å². The van der Waals surface area contributed by atoms with Crippen LogP contribution in [0, 0.1) is 0 Å². The number of hydrogen-bond acceptors (Lipinski definition) is 3. The van der Waals surface area contributed by atoms with Crippen molar-refractivity contribution in [3.8, 4) is 0 Å². The van der Waals surface area contributed by atoms with Gasteiger partial charge in [-0.15, -0.1) is 35.3 Å². The Morgan fingerprint density at radius 3 is 2.90 bits per heavy atom. The van der Waals surface area contributed by atoms with Crippen LogP contribution in [0.1, 0.15) is 10.4 Å². The maximum atomic E-state index is 5.80. The third-order valence-electron chi connectivity index (χ3n) is 2.66. The van der Waals surface area contributed by atoms with E-state index in [2.05, 4.69) is 38.9 Å². The molecule has 0 bridgehead atoms. The molecule has 4 nitrogen and oxygen atoms in total. The first-order chi connectivity index (χ1) is 9.34. The fourth-order valence-electron chi connectivity index (χ4n) is 1.68. The van der Waals surface area contributed by atoms with Gasteiger partial charge in [0, 0.05) is 36.8 Å². The van der Waals surface area contributed by atoms with Crippen molar-refractivity contribution in [2.75, 3.05) is 13.1 Å². The van der Waals surface area contributed by atoms with Crippen LogP contribution in [0.15, 0.2) is 47.0 Å². The first kappa shape index (κ1) is 16.9. The van der Waals surface area contributed by atoms with Crippen LogP contribution in [-0.4, -0.2) is 24.0 Å². The zero-order valence-corrected chi connectivity index (χ0v) is 14.3. The van der Waals surface area contributed by atoms with Crippen molar-refractivity contribution in [2.45, 2.75) is 12.8 Å². The van der Waals surface area contributed by atoms with Gasteiger partial charge in [-0.3, -0.25) is 9.98 Å². The minimum absolute atomic E-state index is 0. The topological polar surface area (TPSA) is 63.3 Å². The molecule has 108 valence electrons. The van der Waals surface area contributed by atoms with Crippen LogP contribution in [0.2, 0.25) is 0 Å². The van der Waals surface area contributed by atoms with Gasteiger partial charge in [0.25, 0.3) is 0 Å². The SMILES string of the molecule is I.NC(=NCCc1cccs1)NCCc1cccnc1. The van der Waals surface area contributed by atoms with Crippen molar-refractivity contribution in [3.63, 3.8) is 0 Å². The average Bonchev–Trinajstić information content (AvgIpc) is 2.93. The number of nitrogens with zero attached hydrogens (tertiary/aromatic N) is 2. The van der Waals surface area contributed by atoms with Crippen molar-refractivity contribution in [2.24, 2.45) is 10.7 Å². The Balaban J connectivity index is 0.00000200. The van der Waals surface area contributed by atoms with Crippen LogP contribution < -0.4 is 11.1 Å².